The number of allylic oxidation sites excluding steroid dienone is 1. The standard InChI is InChI=1S/C19H23FN4OS/c1-3-10-24-18(15-6-4-5-7-16(15)20)21-22-19(24)26-13-17(25)23-11-8-14(2)9-12-23/h3-7,14H,1,8-13H2,2H3. The van der Waals surface area contributed by atoms with Gasteiger partial charge in [0, 0.05) is 19.6 Å². The summed E-state index contributed by atoms with van der Waals surface area (Å²) in [5.41, 5.74) is 0.394. The molecule has 1 aromatic carbocycles. The van der Waals surface area contributed by atoms with Gasteiger partial charge in [0.05, 0.1) is 11.3 Å². The maximum absolute atomic E-state index is 14.1. The maximum atomic E-state index is 14.1. The number of carbonyl (C=O) groups excluding carboxylic acids is 1. The molecule has 138 valence electrons. The molecule has 5 nitrogen and oxygen atoms in total. The van der Waals surface area contributed by atoms with Crippen molar-refractivity contribution >= 4 is 17.7 Å². The first kappa shape index (κ1) is 18.6. The van der Waals surface area contributed by atoms with Crippen molar-refractivity contribution < 1.29 is 9.18 Å². The van der Waals surface area contributed by atoms with Crippen LogP contribution in [0.4, 0.5) is 4.39 Å². The average molecular weight is 374 g/mol. The van der Waals surface area contributed by atoms with Gasteiger partial charge in [0.25, 0.3) is 0 Å². The minimum atomic E-state index is -0.347. The first-order valence-electron chi connectivity index (χ1n) is 8.79. The zero-order valence-electron chi connectivity index (χ0n) is 14.9. The van der Waals surface area contributed by atoms with Gasteiger partial charge in [-0.05, 0) is 30.9 Å². The number of likely N-dealkylation sites (tertiary alicyclic amines) is 1. The van der Waals surface area contributed by atoms with E-state index >= 15 is 0 Å². The lowest BCUT2D eigenvalue weighted by Crippen LogP contribution is -2.38. The fourth-order valence-electron chi connectivity index (χ4n) is 3.01. The van der Waals surface area contributed by atoms with E-state index in [0.717, 1.165) is 25.9 Å². The molecule has 26 heavy (non-hydrogen) atoms. The number of halogens is 1. The third-order valence-corrected chi connectivity index (χ3v) is 5.56. The lowest BCUT2D eigenvalue weighted by Gasteiger charge is -2.30. The molecule has 0 aliphatic carbocycles. The van der Waals surface area contributed by atoms with Crippen LogP contribution in [0.25, 0.3) is 11.4 Å². The van der Waals surface area contributed by atoms with E-state index in [1.807, 2.05) is 4.90 Å². The zero-order valence-corrected chi connectivity index (χ0v) is 15.7. The highest BCUT2D eigenvalue weighted by molar-refractivity contribution is 7.99. The lowest BCUT2D eigenvalue weighted by molar-refractivity contribution is -0.129. The van der Waals surface area contributed by atoms with Crippen molar-refractivity contribution in [3.05, 3.63) is 42.7 Å². The number of rotatable bonds is 6. The minimum Gasteiger partial charge on any atom is -0.342 e. The highest BCUT2D eigenvalue weighted by Crippen LogP contribution is 2.26. The second-order valence-electron chi connectivity index (χ2n) is 6.54. The monoisotopic (exact) mass is 374 g/mol. The van der Waals surface area contributed by atoms with Crippen LogP contribution in [0.5, 0.6) is 0 Å². The van der Waals surface area contributed by atoms with Gasteiger partial charge in [-0.3, -0.25) is 9.36 Å². The molecule has 1 saturated heterocycles. The van der Waals surface area contributed by atoms with Crippen LogP contribution in [0.1, 0.15) is 19.8 Å². The van der Waals surface area contributed by atoms with E-state index in [2.05, 4.69) is 23.7 Å². The number of nitrogens with zero attached hydrogens (tertiary/aromatic N) is 4. The summed E-state index contributed by atoms with van der Waals surface area (Å²) in [5.74, 6) is 1.21. The third-order valence-electron chi connectivity index (χ3n) is 4.60. The van der Waals surface area contributed by atoms with Crippen LogP contribution in [0.2, 0.25) is 0 Å². The summed E-state index contributed by atoms with van der Waals surface area (Å²) < 4.78 is 15.9. The second-order valence-corrected chi connectivity index (χ2v) is 7.48. The summed E-state index contributed by atoms with van der Waals surface area (Å²) in [7, 11) is 0. The van der Waals surface area contributed by atoms with Gasteiger partial charge in [-0.1, -0.05) is 36.9 Å². The zero-order chi connectivity index (χ0) is 18.5. The first-order chi connectivity index (χ1) is 12.6. The Morgan fingerprint density at radius 1 is 1.35 bits per heavy atom. The molecule has 0 unspecified atom stereocenters. The van der Waals surface area contributed by atoms with Gasteiger partial charge in [0.2, 0.25) is 5.91 Å². The fraction of sp³-hybridized carbons (Fsp3) is 0.421. The predicted octanol–water partition coefficient (Wildman–Crippen LogP) is 3.62. The van der Waals surface area contributed by atoms with E-state index in [9.17, 15) is 9.18 Å². The summed E-state index contributed by atoms with van der Waals surface area (Å²) in [6.45, 7) is 8.07. The molecular formula is C19H23FN4OS. The summed E-state index contributed by atoms with van der Waals surface area (Å²) in [5, 5.41) is 8.92. The van der Waals surface area contributed by atoms with Gasteiger partial charge < -0.3 is 4.90 Å². The van der Waals surface area contributed by atoms with Gasteiger partial charge in [-0.2, -0.15) is 0 Å². The SMILES string of the molecule is C=CCn1c(SCC(=O)N2CCC(C)CC2)nnc1-c1ccccc1F. The number of hydrogen-bond acceptors (Lipinski definition) is 4. The molecule has 3 rings (SSSR count). The van der Waals surface area contributed by atoms with Crippen molar-refractivity contribution in [2.24, 2.45) is 5.92 Å². The van der Waals surface area contributed by atoms with Crippen molar-refractivity contribution in [1.29, 1.82) is 0 Å². The Morgan fingerprint density at radius 2 is 2.08 bits per heavy atom. The van der Waals surface area contributed by atoms with Crippen LogP contribution in [-0.4, -0.2) is 44.4 Å². The molecule has 1 fully saturated rings. The van der Waals surface area contributed by atoms with E-state index in [1.165, 1.54) is 17.8 Å². The number of thioether (sulfide) groups is 1. The Hall–Kier alpha value is -2.15. The maximum Gasteiger partial charge on any atom is 0.233 e. The molecule has 0 saturated carbocycles. The van der Waals surface area contributed by atoms with Gasteiger partial charge in [0.1, 0.15) is 5.82 Å². The van der Waals surface area contributed by atoms with Crippen LogP contribution < -0.4 is 0 Å². The Bertz CT molecular complexity index is 784. The Balaban J connectivity index is 1.73. The van der Waals surface area contributed by atoms with E-state index < -0.39 is 0 Å². The van der Waals surface area contributed by atoms with Crippen molar-refractivity contribution in [1.82, 2.24) is 19.7 Å². The Kier molecular flexibility index (Phi) is 6.08. The van der Waals surface area contributed by atoms with E-state index in [1.54, 1.807) is 28.8 Å². The largest absolute Gasteiger partial charge is 0.342 e. The van der Waals surface area contributed by atoms with Crippen LogP contribution in [0.15, 0.2) is 42.1 Å². The van der Waals surface area contributed by atoms with Crippen LogP contribution in [0.3, 0.4) is 0 Å². The number of aromatic nitrogens is 3. The fourth-order valence-corrected chi connectivity index (χ4v) is 3.86. The molecule has 0 atom stereocenters. The normalized spacial score (nSPS) is 15.2. The molecule has 1 amide bonds. The van der Waals surface area contributed by atoms with Gasteiger partial charge >= 0.3 is 0 Å². The van der Waals surface area contributed by atoms with Crippen LogP contribution in [-0.2, 0) is 11.3 Å². The van der Waals surface area contributed by atoms with E-state index in [0.29, 0.717) is 34.8 Å². The van der Waals surface area contributed by atoms with Gasteiger partial charge in [0.15, 0.2) is 11.0 Å². The van der Waals surface area contributed by atoms with Crippen molar-refractivity contribution in [3.63, 3.8) is 0 Å². The van der Waals surface area contributed by atoms with Crippen molar-refractivity contribution in [2.75, 3.05) is 18.8 Å². The second kappa shape index (κ2) is 8.49. The number of benzene rings is 1. The number of amides is 1. The molecule has 0 N–H and O–H groups in total. The number of carbonyl (C=O) groups is 1. The molecule has 1 aliphatic rings. The predicted molar refractivity (Wildman–Crippen MR) is 101 cm³/mol. The van der Waals surface area contributed by atoms with Crippen molar-refractivity contribution in [3.8, 4) is 11.4 Å². The quantitative estimate of drug-likeness (QED) is 0.572. The van der Waals surface area contributed by atoms with Gasteiger partial charge in [-0.15, -0.1) is 16.8 Å². The minimum absolute atomic E-state index is 0.113. The van der Waals surface area contributed by atoms with Crippen LogP contribution >= 0.6 is 11.8 Å². The van der Waals surface area contributed by atoms with Crippen molar-refractivity contribution in [2.45, 2.75) is 31.5 Å². The third kappa shape index (κ3) is 4.15. The molecular weight excluding hydrogens is 351 g/mol. The summed E-state index contributed by atoms with van der Waals surface area (Å²) in [6.07, 6.45) is 3.83. The highest BCUT2D eigenvalue weighted by atomic mass is 32.2. The van der Waals surface area contributed by atoms with E-state index in [-0.39, 0.29) is 11.7 Å². The molecule has 1 aliphatic heterocycles. The van der Waals surface area contributed by atoms with Gasteiger partial charge in [-0.25, -0.2) is 4.39 Å². The molecule has 0 bridgehead atoms. The smallest absolute Gasteiger partial charge is 0.233 e. The Labute approximate surface area is 157 Å². The number of hydrogen-bond donors (Lipinski definition) is 0. The highest BCUT2D eigenvalue weighted by Gasteiger charge is 2.22. The molecule has 2 aromatic rings. The summed E-state index contributed by atoms with van der Waals surface area (Å²) in [4.78, 5) is 14.4. The number of piperidine rings is 1. The molecule has 0 spiro atoms. The molecule has 7 heteroatoms. The van der Waals surface area contributed by atoms with Crippen LogP contribution in [0, 0.1) is 11.7 Å². The summed E-state index contributed by atoms with van der Waals surface area (Å²) >= 11 is 1.34. The Morgan fingerprint density at radius 3 is 2.77 bits per heavy atom. The summed E-state index contributed by atoms with van der Waals surface area (Å²) in [6, 6.07) is 6.48. The molecule has 2 heterocycles. The van der Waals surface area contributed by atoms with E-state index in [4.69, 9.17) is 0 Å². The first-order valence-corrected chi connectivity index (χ1v) is 9.78. The topological polar surface area (TPSA) is 51.0 Å². The molecule has 1 aromatic heterocycles. The molecule has 0 radical (unpaired) electrons. The lowest BCUT2D eigenvalue weighted by atomic mass is 9.99. The average Bonchev–Trinajstić information content (AvgIpc) is 3.03.